The third-order valence-corrected chi connectivity index (χ3v) is 6.56. The van der Waals surface area contributed by atoms with E-state index in [0.29, 0.717) is 28.2 Å². The summed E-state index contributed by atoms with van der Waals surface area (Å²) >= 11 is 2.79. The number of anilines is 1. The number of aryl methyl sites for hydroxylation is 2. The van der Waals surface area contributed by atoms with Crippen LogP contribution in [0.25, 0.3) is 0 Å². The van der Waals surface area contributed by atoms with Crippen molar-refractivity contribution < 1.29 is 14.3 Å². The molecule has 1 amide bonds. The number of esters is 1. The number of carbonyl (C=O) groups is 2. The zero-order valence-corrected chi connectivity index (χ0v) is 18.3. The average Bonchev–Trinajstić information content (AvgIpc) is 2.96. The van der Waals surface area contributed by atoms with Crippen molar-refractivity contribution in [3.63, 3.8) is 0 Å². The van der Waals surface area contributed by atoms with Crippen molar-refractivity contribution in [1.82, 2.24) is 9.97 Å². The number of hydrogen-bond acceptors (Lipinski definition) is 7. The predicted molar refractivity (Wildman–Crippen MR) is 112 cm³/mol. The number of nitrogens with one attached hydrogen (secondary N) is 1. The highest BCUT2D eigenvalue weighted by Crippen LogP contribution is 2.40. The number of aromatic nitrogens is 2. The molecule has 1 aliphatic rings. The number of rotatable bonds is 6. The fourth-order valence-corrected chi connectivity index (χ4v) is 5.47. The van der Waals surface area contributed by atoms with Gasteiger partial charge in [0.05, 0.1) is 17.9 Å². The Hall–Kier alpha value is -1.93. The third kappa shape index (κ3) is 4.91. The minimum atomic E-state index is -0.352. The second-order valence-corrected chi connectivity index (χ2v) is 9.09. The summed E-state index contributed by atoms with van der Waals surface area (Å²) in [6.07, 6.45) is 2.83. The van der Waals surface area contributed by atoms with E-state index < -0.39 is 0 Å². The lowest BCUT2D eigenvalue weighted by Gasteiger charge is -2.18. The maximum Gasteiger partial charge on any atom is 0.341 e. The number of amides is 1. The van der Waals surface area contributed by atoms with E-state index in [1.54, 1.807) is 6.92 Å². The second-order valence-electron chi connectivity index (χ2n) is 7.05. The third-order valence-electron chi connectivity index (χ3n) is 4.54. The number of thiophene rings is 1. The van der Waals surface area contributed by atoms with Crippen LogP contribution in [0.5, 0.6) is 0 Å². The minimum absolute atomic E-state index is 0.176. The summed E-state index contributed by atoms with van der Waals surface area (Å²) in [5, 5.41) is 4.11. The zero-order chi connectivity index (χ0) is 20.3. The number of thioether (sulfide) groups is 1. The first-order chi connectivity index (χ1) is 13.4. The van der Waals surface area contributed by atoms with Crippen LogP contribution in [0.4, 0.5) is 5.00 Å². The number of ether oxygens (including phenoxy) is 1. The van der Waals surface area contributed by atoms with Crippen LogP contribution in [0.2, 0.25) is 0 Å². The minimum Gasteiger partial charge on any atom is -0.462 e. The highest BCUT2D eigenvalue weighted by atomic mass is 32.2. The normalized spacial score (nSPS) is 15.8. The van der Waals surface area contributed by atoms with Gasteiger partial charge in [0.15, 0.2) is 5.16 Å². The van der Waals surface area contributed by atoms with E-state index in [1.165, 1.54) is 28.0 Å². The summed E-state index contributed by atoms with van der Waals surface area (Å²) in [4.78, 5) is 34.9. The van der Waals surface area contributed by atoms with Crippen molar-refractivity contribution in [2.24, 2.45) is 5.92 Å². The molecule has 6 nitrogen and oxygen atoms in total. The van der Waals surface area contributed by atoms with E-state index in [1.807, 2.05) is 19.9 Å². The van der Waals surface area contributed by atoms with Gasteiger partial charge in [0, 0.05) is 16.3 Å². The van der Waals surface area contributed by atoms with Gasteiger partial charge < -0.3 is 10.1 Å². The average molecular weight is 420 g/mol. The molecule has 3 rings (SSSR count). The lowest BCUT2D eigenvalue weighted by atomic mass is 9.88. The summed E-state index contributed by atoms with van der Waals surface area (Å²) < 4.78 is 5.25. The van der Waals surface area contributed by atoms with Crippen LogP contribution in [0, 0.1) is 19.8 Å². The molecule has 2 aromatic heterocycles. The van der Waals surface area contributed by atoms with Gasteiger partial charge in [-0.15, -0.1) is 11.3 Å². The molecule has 1 N–H and O–H groups in total. The number of nitrogens with zero attached hydrogens (tertiary/aromatic N) is 2. The lowest BCUT2D eigenvalue weighted by molar-refractivity contribution is -0.113. The van der Waals surface area contributed by atoms with Gasteiger partial charge in [-0.1, -0.05) is 18.7 Å². The van der Waals surface area contributed by atoms with Gasteiger partial charge in [0.2, 0.25) is 5.91 Å². The van der Waals surface area contributed by atoms with E-state index >= 15 is 0 Å². The Labute approximate surface area is 173 Å². The molecule has 0 saturated carbocycles. The van der Waals surface area contributed by atoms with E-state index in [2.05, 4.69) is 22.2 Å². The first kappa shape index (κ1) is 20.8. The molecule has 2 heterocycles. The quantitative estimate of drug-likeness (QED) is 0.430. The van der Waals surface area contributed by atoms with Gasteiger partial charge in [-0.25, -0.2) is 14.8 Å². The first-order valence-electron chi connectivity index (χ1n) is 9.44. The number of fused-ring (bicyclic) bond motifs is 1. The van der Waals surface area contributed by atoms with E-state index in [9.17, 15) is 9.59 Å². The van der Waals surface area contributed by atoms with Gasteiger partial charge in [-0.2, -0.15) is 0 Å². The fraction of sp³-hybridized carbons (Fsp3) is 0.500. The van der Waals surface area contributed by atoms with Crippen LogP contribution in [0.3, 0.4) is 0 Å². The Bertz CT molecular complexity index is 875. The van der Waals surface area contributed by atoms with Crippen molar-refractivity contribution in [3.05, 3.63) is 33.5 Å². The molecule has 0 spiro atoms. The standard InChI is InChI=1S/C20H25N3O3S2/c1-5-26-19(25)17-14-7-6-11(2)8-15(14)28-18(17)23-16(24)10-27-20-21-12(3)9-13(4)22-20/h9,11H,5-8,10H2,1-4H3,(H,23,24). The Balaban J connectivity index is 1.75. The molecule has 1 aliphatic carbocycles. The molecule has 28 heavy (non-hydrogen) atoms. The number of hydrogen-bond donors (Lipinski definition) is 1. The molecule has 2 aromatic rings. The Morgan fingerprint density at radius 2 is 2.04 bits per heavy atom. The van der Waals surface area contributed by atoms with Crippen molar-refractivity contribution in [3.8, 4) is 0 Å². The van der Waals surface area contributed by atoms with Crippen LogP contribution in [-0.2, 0) is 22.4 Å². The van der Waals surface area contributed by atoms with Gasteiger partial charge in [0.1, 0.15) is 5.00 Å². The maximum absolute atomic E-state index is 12.5. The summed E-state index contributed by atoms with van der Waals surface area (Å²) in [6, 6.07) is 1.90. The van der Waals surface area contributed by atoms with E-state index in [4.69, 9.17) is 4.74 Å². The van der Waals surface area contributed by atoms with E-state index in [-0.39, 0.29) is 17.6 Å². The van der Waals surface area contributed by atoms with Crippen molar-refractivity contribution in [1.29, 1.82) is 0 Å². The molecular weight excluding hydrogens is 394 g/mol. The molecule has 150 valence electrons. The van der Waals surface area contributed by atoms with Crippen molar-refractivity contribution >= 4 is 40.0 Å². The summed E-state index contributed by atoms with van der Waals surface area (Å²) in [7, 11) is 0. The summed E-state index contributed by atoms with van der Waals surface area (Å²) in [6.45, 7) is 8.12. The van der Waals surface area contributed by atoms with Crippen LogP contribution in [0.1, 0.15) is 52.5 Å². The van der Waals surface area contributed by atoms with E-state index in [0.717, 1.165) is 36.2 Å². The fourth-order valence-electron chi connectivity index (χ4n) is 3.31. The van der Waals surface area contributed by atoms with Gasteiger partial charge in [0.25, 0.3) is 0 Å². The Morgan fingerprint density at radius 1 is 1.32 bits per heavy atom. The monoisotopic (exact) mass is 419 g/mol. The van der Waals surface area contributed by atoms with Crippen LogP contribution < -0.4 is 5.32 Å². The zero-order valence-electron chi connectivity index (χ0n) is 16.6. The predicted octanol–water partition coefficient (Wildman–Crippen LogP) is 4.19. The summed E-state index contributed by atoms with van der Waals surface area (Å²) in [5.74, 6) is 0.242. The summed E-state index contributed by atoms with van der Waals surface area (Å²) in [5.41, 5.74) is 3.33. The van der Waals surface area contributed by atoms with Crippen LogP contribution in [-0.4, -0.2) is 34.2 Å². The molecule has 0 bridgehead atoms. The Morgan fingerprint density at radius 3 is 2.71 bits per heavy atom. The van der Waals surface area contributed by atoms with Crippen molar-refractivity contribution in [2.75, 3.05) is 17.7 Å². The Kier molecular flexibility index (Phi) is 6.72. The highest BCUT2D eigenvalue weighted by molar-refractivity contribution is 7.99. The molecule has 1 unspecified atom stereocenters. The maximum atomic E-state index is 12.5. The number of carbonyl (C=O) groups excluding carboxylic acids is 2. The van der Waals surface area contributed by atoms with Gasteiger partial charge >= 0.3 is 5.97 Å². The molecule has 8 heteroatoms. The topological polar surface area (TPSA) is 81.2 Å². The molecule has 0 radical (unpaired) electrons. The first-order valence-corrected chi connectivity index (χ1v) is 11.2. The largest absolute Gasteiger partial charge is 0.462 e. The molecule has 0 aromatic carbocycles. The molecule has 0 fully saturated rings. The molecular formula is C20H25N3O3S2. The smallest absolute Gasteiger partial charge is 0.341 e. The molecule has 0 aliphatic heterocycles. The van der Waals surface area contributed by atoms with Gasteiger partial charge in [-0.05, 0) is 57.6 Å². The highest BCUT2D eigenvalue weighted by Gasteiger charge is 2.29. The van der Waals surface area contributed by atoms with Gasteiger partial charge in [-0.3, -0.25) is 4.79 Å². The van der Waals surface area contributed by atoms with Crippen molar-refractivity contribution in [2.45, 2.75) is 52.1 Å². The lowest BCUT2D eigenvalue weighted by Crippen LogP contribution is -2.18. The van der Waals surface area contributed by atoms with Crippen LogP contribution >= 0.6 is 23.1 Å². The molecule has 0 saturated heterocycles. The second kappa shape index (κ2) is 9.05. The SMILES string of the molecule is CCOC(=O)c1c(NC(=O)CSc2nc(C)cc(C)n2)sc2c1CCC(C)C2. The molecule has 1 atom stereocenters. The van der Waals surface area contributed by atoms with Crippen LogP contribution in [0.15, 0.2) is 11.2 Å².